The van der Waals surface area contributed by atoms with E-state index in [0.29, 0.717) is 24.8 Å². The molecule has 0 saturated carbocycles. The maximum Gasteiger partial charge on any atom is 0.162 e. The maximum atomic E-state index is 12.7. The van der Waals surface area contributed by atoms with E-state index in [1.54, 1.807) is 6.92 Å². The smallest absolute Gasteiger partial charge is 0.162 e. The van der Waals surface area contributed by atoms with E-state index in [-0.39, 0.29) is 18.0 Å². The molecule has 0 saturated heterocycles. The molecule has 0 bridgehead atoms. The van der Waals surface area contributed by atoms with Crippen LogP contribution in [-0.4, -0.2) is 11.8 Å². The minimum absolute atomic E-state index is 0.0943. The number of Topliss-reactive ketones (excluding diaryl/α,β-unsaturated/α-hetero) is 1. The molecule has 1 aromatic rings. The second-order valence-corrected chi connectivity index (χ2v) is 4.25. The predicted octanol–water partition coefficient (Wildman–Crippen LogP) is 1.95. The van der Waals surface area contributed by atoms with Crippen molar-refractivity contribution in [3.8, 4) is 0 Å². The van der Waals surface area contributed by atoms with Crippen LogP contribution in [0.4, 0.5) is 4.39 Å². The van der Waals surface area contributed by atoms with Gasteiger partial charge in [0.1, 0.15) is 5.82 Å². The summed E-state index contributed by atoms with van der Waals surface area (Å²) in [5, 5.41) is 10.7. The summed E-state index contributed by atoms with van der Waals surface area (Å²) in [7, 11) is 0. The standard InChI is InChI=1S/C14H17FO3/c1-2-10(14(17)18)4-3-5-13(16)11-6-8-12(15)9-7-11/h6-10H,2-5H2,1H3,(H,17,18)/p-1. The van der Waals surface area contributed by atoms with E-state index in [0.717, 1.165) is 0 Å². The lowest BCUT2D eigenvalue weighted by atomic mass is 9.97. The fourth-order valence-electron chi connectivity index (χ4n) is 1.78. The number of carboxylic acid groups (broad SMARTS) is 1. The van der Waals surface area contributed by atoms with Gasteiger partial charge in [-0.2, -0.15) is 0 Å². The molecule has 0 N–H and O–H groups in total. The summed E-state index contributed by atoms with van der Waals surface area (Å²) >= 11 is 0. The third kappa shape index (κ3) is 4.28. The van der Waals surface area contributed by atoms with E-state index in [1.165, 1.54) is 24.3 Å². The van der Waals surface area contributed by atoms with Crippen molar-refractivity contribution in [3.63, 3.8) is 0 Å². The van der Waals surface area contributed by atoms with Gasteiger partial charge in [-0.3, -0.25) is 4.79 Å². The Morgan fingerprint density at radius 2 is 1.89 bits per heavy atom. The lowest BCUT2D eigenvalue weighted by Crippen LogP contribution is -2.30. The molecule has 0 aromatic heterocycles. The first kappa shape index (κ1) is 14.4. The number of aliphatic carboxylic acids is 1. The average Bonchev–Trinajstić information content (AvgIpc) is 2.34. The van der Waals surface area contributed by atoms with Crippen LogP contribution in [0.2, 0.25) is 0 Å². The molecule has 1 atom stereocenters. The quantitative estimate of drug-likeness (QED) is 0.696. The van der Waals surface area contributed by atoms with Gasteiger partial charge < -0.3 is 9.90 Å². The Balaban J connectivity index is 2.42. The molecule has 0 aliphatic rings. The summed E-state index contributed by atoms with van der Waals surface area (Å²) in [5.74, 6) is -2.03. The first-order chi connectivity index (χ1) is 8.54. The van der Waals surface area contributed by atoms with Gasteiger partial charge in [-0.15, -0.1) is 0 Å². The van der Waals surface area contributed by atoms with Crippen LogP contribution in [0.15, 0.2) is 24.3 Å². The van der Waals surface area contributed by atoms with Gasteiger partial charge in [0.15, 0.2) is 5.78 Å². The number of carbonyl (C=O) groups excluding carboxylic acids is 2. The number of hydrogen-bond donors (Lipinski definition) is 0. The number of rotatable bonds is 7. The van der Waals surface area contributed by atoms with E-state index in [4.69, 9.17) is 0 Å². The highest BCUT2D eigenvalue weighted by molar-refractivity contribution is 5.95. The molecule has 0 aliphatic heterocycles. The molecule has 0 aliphatic carbocycles. The predicted molar refractivity (Wildman–Crippen MR) is 63.4 cm³/mol. The van der Waals surface area contributed by atoms with Crippen LogP contribution in [0.3, 0.4) is 0 Å². The summed E-state index contributed by atoms with van der Waals surface area (Å²) < 4.78 is 12.7. The Morgan fingerprint density at radius 1 is 1.28 bits per heavy atom. The number of carboxylic acids is 1. The lowest BCUT2D eigenvalue weighted by molar-refractivity contribution is -0.311. The van der Waals surface area contributed by atoms with Gasteiger partial charge in [0.25, 0.3) is 0 Å². The van der Waals surface area contributed by atoms with E-state index < -0.39 is 11.9 Å². The summed E-state index contributed by atoms with van der Waals surface area (Å²) in [4.78, 5) is 22.4. The van der Waals surface area contributed by atoms with Gasteiger partial charge in [0.2, 0.25) is 0 Å². The van der Waals surface area contributed by atoms with Crippen LogP contribution in [0, 0.1) is 11.7 Å². The van der Waals surface area contributed by atoms with Crippen molar-refractivity contribution < 1.29 is 19.1 Å². The van der Waals surface area contributed by atoms with Crippen LogP contribution in [0.25, 0.3) is 0 Å². The number of hydrogen-bond acceptors (Lipinski definition) is 3. The van der Waals surface area contributed by atoms with E-state index >= 15 is 0 Å². The highest BCUT2D eigenvalue weighted by Gasteiger charge is 2.10. The lowest BCUT2D eigenvalue weighted by Gasteiger charge is -2.15. The molecule has 98 valence electrons. The van der Waals surface area contributed by atoms with Crippen LogP contribution in [-0.2, 0) is 4.79 Å². The third-order valence-electron chi connectivity index (χ3n) is 2.95. The van der Waals surface area contributed by atoms with Gasteiger partial charge in [-0.1, -0.05) is 6.92 Å². The van der Waals surface area contributed by atoms with Crippen molar-refractivity contribution in [1.82, 2.24) is 0 Å². The minimum atomic E-state index is -1.06. The highest BCUT2D eigenvalue weighted by atomic mass is 19.1. The van der Waals surface area contributed by atoms with Crippen LogP contribution < -0.4 is 5.11 Å². The zero-order chi connectivity index (χ0) is 13.5. The SMILES string of the molecule is CCC(CCCC(=O)c1ccc(F)cc1)C(=O)[O-]. The Morgan fingerprint density at radius 3 is 2.39 bits per heavy atom. The molecule has 4 heteroatoms. The first-order valence-corrected chi connectivity index (χ1v) is 6.04. The number of benzene rings is 1. The molecule has 1 aromatic carbocycles. The topological polar surface area (TPSA) is 57.2 Å². The summed E-state index contributed by atoms with van der Waals surface area (Å²) in [5.41, 5.74) is 0.456. The van der Waals surface area contributed by atoms with Crippen molar-refractivity contribution >= 4 is 11.8 Å². The van der Waals surface area contributed by atoms with Crippen molar-refractivity contribution in [2.75, 3.05) is 0 Å². The van der Waals surface area contributed by atoms with E-state index in [2.05, 4.69) is 0 Å². The number of halogens is 1. The molecule has 18 heavy (non-hydrogen) atoms. The molecule has 1 rings (SSSR count). The number of ketones is 1. The Hall–Kier alpha value is -1.71. The fraction of sp³-hybridized carbons (Fsp3) is 0.429. The molecule has 0 fully saturated rings. The maximum absolute atomic E-state index is 12.7. The van der Waals surface area contributed by atoms with Gasteiger partial charge in [0.05, 0.1) is 0 Å². The van der Waals surface area contributed by atoms with Crippen molar-refractivity contribution in [2.45, 2.75) is 32.6 Å². The fourth-order valence-corrected chi connectivity index (χ4v) is 1.78. The average molecular weight is 251 g/mol. The van der Waals surface area contributed by atoms with Gasteiger partial charge >= 0.3 is 0 Å². The Kier molecular flexibility index (Phi) is 5.49. The van der Waals surface area contributed by atoms with Crippen molar-refractivity contribution in [3.05, 3.63) is 35.6 Å². The van der Waals surface area contributed by atoms with Gasteiger partial charge in [0, 0.05) is 18.0 Å². The highest BCUT2D eigenvalue weighted by Crippen LogP contribution is 2.14. The monoisotopic (exact) mass is 251 g/mol. The Labute approximate surface area is 106 Å². The van der Waals surface area contributed by atoms with Gasteiger partial charge in [-0.05, 0) is 49.4 Å². The summed E-state index contributed by atoms with van der Waals surface area (Å²) in [6.45, 7) is 1.78. The van der Waals surface area contributed by atoms with Crippen molar-refractivity contribution in [1.29, 1.82) is 0 Å². The molecule has 0 amide bonds. The summed E-state index contributed by atoms with van der Waals surface area (Å²) in [6, 6.07) is 5.36. The second kappa shape index (κ2) is 6.89. The molecule has 0 radical (unpaired) electrons. The van der Waals surface area contributed by atoms with E-state index in [9.17, 15) is 19.1 Å². The number of carbonyl (C=O) groups is 2. The molecular weight excluding hydrogens is 235 g/mol. The minimum Gasteiger partial charge on any atom is -0.550 e. The van der Waals surface area contributed by atoms with Crippen LogP contribution in [0.5, 0.6) is 0 Å². The van der Waals surface area contributed by atoms with E-state index in [1.807, 2.05) is 0 Å². The second-order valence-electron chi connectivity index (χ2n) is 4.25. The van der Waals surface area contributed by atoms with Crippen molar-refractivity contribution in [2.24, 2.45) is 5.92 Å². The summed E-state index contributed by atoms with van der Waals surface area (Å²) in [6.07, 6.45) is 1.72. The molecule has 1 unspecified atom stereocenters. The molecule has 3 nitrogen and oxygen atoms in total. The first-order valence-electron chi connectivity index (χ1n) is 6.04. The Bertz CT molecular complexity index is 412. The molecule has 0 heterocycles. The zero-order valence-corrected chi connectivity index (χ0v) is 10.3. The normalized spacial score (nSPS) is 12.1. The van der Waals surface area contributed by atoms with Gasteiger partial charge in [-0.25, -0.2) is 4.39 Å². The molecular formula is C14H16FO3-. The largest absolute Gasteiger partial charge is 0.550 e. The van der Waals surface area contributed by atoms with Crippen LogP contribution in [0.1, 0.15) is 43.0 Å². The third-order valence-corrected chi connectivity index (χ3v) is 2.95. The molecule has 0 spiro atoms. The zero-order valence-electron chi connectivity index (χ0n) is 10.3. The van der Waals surface area contributed by atoms with Crippen LogP contribution >= 0.6 is 0 Å².